The fraction of sp³-hybridized carbons (Fsp3) is 0.348. The molecule has 5 aromatic rings. The number of aromatic nitrogens is 3. The Bertz CT molecular complexity index is 2620. The number of anilines is 6. The van der Waals surface area contributed by atoms with Crippen molar-refractivity contribution in [3.8, 4) is 11.3 Å². The maximum Gasteiger partial charge on any atom is 0.416 e. The molecule has 3 saturated heterocycles. The lowest BCUT2D eigenvalue weighted by Crippen LogP contribution is -2.49. The number of aryl methyl sites for hydroxylation is 3. The van der Waals surface area contributed by atoms with E-state index in [9.17, 15) is 32.3 Å². The maximum atomic E-state index is 13.1. The van der Waals surface area contributed by atoms with Gasteiger partial charge in [0, 0.05) is 105 Å². The molecule has 64 heavy (non-hydrogen) atoms. The van der Waals surface area contributed by atoms with E-state index in [-0.39, 0.29) is 28.9 Å². The molecule has 0 unspecified atom stereocenters. The summed E-state index contributed by atoms with van der Waals surface area (Å²) in [6.07, 6.45) is -0.410. The van der Waals surface area contributed by atoms with Crippen molar-refractivity contribution < 1.29 is 32.3 Å². The van der Waals surface area contributed by atoms with Crippen molar-refractivity contribution in [3.63, 3.8) is 0 Å². The van der Waals surface area contributed by atoms with Gasteiger partial charge >= 0.3 is 12.2 Å². The van der Waals surface area contributed by atoms with Crippen molar-refractivity contribution in [1.82, 2.24) is 25.0 Å². The molecule has 9 rings (SSSR count). The minimum absolute atomic E-state index is 0.175. The van der Waals surface area contributed by atoms with E-state index in [1.165, 1.54) is 12.1 Å². The third-order valence-corrected chi connectivity index (χ3v) is 12.6. The Labute approximate surface area is 367 Å². The smallest absolute Gasteiger partial charge is 0.372 e. The first-order chi connectivity index (χ1) is 30.8. The molecule has 4 aliphatic heterocycles. The number of imide groups is 1. The summed E-state index contributed by atoms with van der Waals surface area (Å²) in [6, 6.07) is 20.0. The van der Waals surface area contributed by atoms with Gasteiger partial charge in [0.05, 0.1) is 5.56 Å². The van der Waals surface area contributed by atoms with Gasteiger partial charge < -0.3 is 26.2 Å². The molecular weight excluding hydrogens is 828 g/mol. The first kappa shape index (κ1) is 42.4. The van der Waals surface area contributed by atoms with Gasteiger partial charge in [-0.25, -0.2) is 14.5 Å². The summed E-state index contributed by atoms with van der Waals surface area (Å²) in [6.45, 7) is 9.72. The molecule has 5 amide bonds. The topological polar surface area (TPSA) is 174 Å². The molecule has 0 aliphatic carbocycles. The molecule has 15 nitrogen and oxygen atoms in total. The Morgan fingerprint density at radius 2 is 1.55 bits per heavy atom. The van der Waals surface area contributed by atoms with Crippen LogP contribution in [0.2, 0.25) is 0 Å². The average Bonchev–Trinajstić information content (AvgIpc) is 3.55. The average molecular weight is 876 g/mol. The van der Waals surface area contributed by atoms with E-state index < -0.39 is 23.6 Å². The summed E-state index contributed by atoms with van der Waals surface area (Å²) >= 11 is 0. The quantitative estimate of drug-likeness (QED) is 0.130. The lowest BCUT2D eigenvalue weighted by atomic mass is 9.95. The number of pyridine rings is 1. The van der Waals surface area contributed by atoms with Gasteiger partial charge in [0.1, 0.15) is 22.9 Å². The highest BCUT2D eigenvalue weighted by atomic mass is 19.4. The van der Waals surface area contributed by atoms with Crippen molar-refractivity contribution in [1.29, 1.82) is 0 Å². The second kappa shape index (κ2) is 17.3. The van der Waals surface area contributed by atoms with E-state index in [1.807, 2.05) is 19.1 Å². The fourth-order valence-corrected chi connectivity index (χ4v) is 9.15. The van der Waals surface area contributed by atoms with E-state index in [1.54, 1.807) is 21.7 Å². The number of urea groups is 1. The molecule has 332 valence electrons. The van der Waals surface area contributed by atoms with Crippen molar-refractivity contribution >= 4 is 58.1 Å². The third kappa shape index (κ3) is 8.82. The zero-order valence-corrected chi connectivity index (χ0v) is 35.3. The first-order valence-corrected chi connectivity index (χ1v) is 21.5. The second-order valence-electron chi connectivity index (χ2n) is 16.8. The van der Waals surface area contributed by atoms with Crippen LogP contribution in [-0.2, 0) is 23.9 Å². The number of halogens is 3. The van der Waals surface area contributed by atoms with Crippen molar-refractivity contribution in [2.24, 2.45) is 11.7 Å². The fourth-order valence-electron chi connectivity index (χ4n) is 9.15. The monoisotopic (exact) mass is 875 g/mol. The van der Waals surface area contributed by atoms with Crippen LogP contribution in [0.5, 0.6) is 0 Å². The SMILES string of the molecule is Cc1cc(N2CCC(CN3CCN(c4ccc5c(c4)CCn4nc(-c6ccc(C(=O)Nc7cc(C(F)(F)F)ccn7)cc6)c(C(N)=O)c4N5)CC3)CC2)ccc1N1CCC(=O)NC1=O. The zero-order chi connectivity index (χ0) is 44.7. The first-order valence-electron chi connectivity index (χ1n) is 21.5. The number of carbonyl (C=O) groups is 4. The number of alkyl halides is 3. The number of hydrogen-bond donors (Lipinski definition) is 4. The van der Waals surface area contributed by atoms with Gasteiger partial charge in [-0.1, -0.05) is 12.1 Å². The summed E-state index contributed by atoms with van der Waals surface area (Å²) in [5.74, 6) is -0.689. The number of piperidine rings is 1. The zero-order valence-electron chi connectivity index (χ0n) is 35.3. The molecule has 0 bridgehead atoms. The van der Waals surface area contributed by atoms with Crippen molar-refractivity contribution in [2.45, 2.75) is 45.3 Å². The summed E-state index contributed by atoms with van der Waals surface area (Å²) in [5, 5.41) is 13.0. The number of fused-ring (bicyclic) bond motifs is 2. The van der Waals surface area contributed by atoms with Gasteiger partial charge in [-0.3, -0.25) is 29.5 Å². The van der Waals surface area contributed by atoms with Gasteiger partial charge in [0.2, 0.25) is 5.91 Å². The largest absolute Gasteiger partial charge is 0.416 e. The highest BCUT2D eigenvalue weighted by Gasteiger charge is 2.32. The number of amides is 5. The lowest BCUT2D eigenvalue weighted by Gasteiger charge is -2.40. The number of hydrogen-bond acceptors (Lipinski definition) is 10. The number of nitrogens with zero attached hydrogens (tertiary/aromatic N) is 7. The van der Waals surface area contributed by atoms with Gasteiger partial charge in [-0.15, -0.1) is 0 Å². The highest BCUT2D eigenvalue weighted by Crippen LogP contribution is 2.37. The van der Waals surface area contributed by atoms with E-state index in [0.717, 1.165) is 111 Å². The molecule has 18 heteroatoms. The van der Waals surface area contributed by atoms with Crippen LogP contribution in [0.15, 0.2) is 79.0 Å². The van der Waals surface area contributed by atoms with E-state index in [4.69, 9.17) is 10.8 Å². The van der Waals surface area contributed by atoms with E-state index in [2.05, 4.69) is 59.9 Å². The number of nitrogens with one attached hydrogen (secondary N) is 3. The Hall–Kier alpha value is -6.95. The van der Waals surface area contributed by atoms with Crippen molar-refractivity contribution in [3.05, 3.63) is 107 Å². The Morgan fingerprint density at radius 1 is 0.828 bits per heavy atom. The molecule has 2 aromatic heterocycles. The summed E-state index contributed by atoms with van der Waals surface area (Å²) in [5.41, 5.74) is 12.4. The molecule has 3 aromatic carbocycles. The minimum atomic E-state index is -4.58. The van der Waals surface area contributed by atoms with Crippen LogP contribution >= 0.6 is 0 Å². The van der Waals surface area contributed by atoms with Crippen LogP contribution < -0.4 is 36.4 Å². The molecule has 0 atom stereocenters. The second-order valence-corrected chi connectivity index (χ2v) is 16.8. The highest BCUT2D eigenvalue weighted by molar-refractivity contribution is 6.07. The Kier molecular flexibility index (Phi) is 11.5. The number of rotatable bonds is 9. The van der Waals surface area contributed by atoms with Gasteiger partial charge in [-0.2, -0.15) is 18.3 Å². The standard InChI is InChI=1S/C46H48F3N11O4/c1-28-24-34(7-9-37(28)59-18-14-39(61)54-45(59)64)57-16-11-29(12-17-57)27-56-20-22-58(23-21-56)35-6-8-36-32(25-35)13-19-60-43(52-36)40(42(50)62)41(55-60)30-2-4-31(5-3-30)44(63)53-38-26-33(10-15-51-38)46(47,48)49/h2-10,15,24-26,29,52H,11-14,16-23,27H2,1H3,(H2,50,62)(H,51,53,63)(H,54,61,64). The van der Waals surface area contributed by atoms with Crippen LogP contribution in [-0.4, -0.2) is 95.8 Å². The predicted molar refractivity (Wildman–Crippen MR) is 237 cm³/mol. The molecular formula is C46H48F3N11O4. The number of benzene rings is 3. The Morgan fingerprint density at radius 3 is 2.25 bits per heavy atom. The van der Waals surface area contributed by atoms with Crippen LogP contribution in [0, 0.1) is 12.8 Å². The molecule has 3 fully saturated rings. The van der Waals surface area contributed by atoms with Gasteiger partial charge in [-0.05, 0) is 104 Å². The molecule has 4 aliphatic rings. The number of nitrogens with two attached hydrogens (primary N) is 1. The van der Waals surface area contributed by atoms with E-state index in [0.29, 0.717) is 48.9 Å². The predicted octanol–water partition coefficient (Wildman–Crippen LogP) is 6.41. The third-order valence-electron chi connectivity index (χ3n) is 12.6. The van der Waals surface area contributed by atoms with Crippen LogP contribution in [0.1, 0.15) is 56.7 Å². The number of piperazine rings is 1. The van der Waals surface area contributed by atoms with Crippen LogP contribution in [0.25, 0.3) is 11.3 Å². The summed E-state index contributed by atoms with van der Waals surface area (Å²) in [4.78, 5) is 62.7. The molecule has 0 radical (unpaired) electrons. The number of primary amides is 1. The van der Waals surface area contributed by atoms with Gasteiger partial charge in [0.15, 0.2) is 0 Å². The van der Waals surface area contributed by atoms with Crippen LogP contribution in [0.4, 0.5) is 52.4 Å². The number of carbonyl (C=O) groups excluding carboxylic acids is 4. The van der Waals surface area contributed by atoms with Crippen LogP contribution in [0.3, 0.4) is 0 Å². The lowest BCUT2D eigenvalue weighted by molar-refractivity contribution is -0.137. The molecule has 6 heterocycles. The van der Waals surface area contributed by atoms with Crippen molar-refractivity contribution in [2.75, 3.05) is 77.7 Å². The Balaban J connectivity index is 0.784. The molecule has 0 spiro atoms. The van der Waals surface area contributed by atoms with E-state index >= 15 is 0 Å². The minimum Gasteiger partial charge on any atom is -0.372 e. The molecule has 5 N–H and O–H groups in total. The summed E-state index contributed by atoms with van der Waals surface area (Å²) < 4.78 is 41.2. The maximum absolute atomic E-state index is 13.1. The normalized spacial score (nSPS) is 17.3. The summed E-state index contributed by atoms with van der Waals surface area (Å²) in [7, 11) is 0. The van der Waals surface area contributed by atoms with Gasteiger partial charge in [0.25, 0.3) is 11.8 Å². The molecule has 0 saturated carbocycles.